The number of aromatic nitrogens is 1. The Morgan fingerprint density at radius 3 is 2.50 bits per heavy atom. The van der Waals surface area contributed by atoms with Gasteiger partial charge in [-0.3, -0.25) is 14.2 Å². The number of amides is 1. The number of allylic oxidation sites excluding steroid dienone is 1. The second-order valence-electron chi connectivity index (χ2n) is 9.88. The van der Waals surface area contributed by atoms with Gasteiger partial charge in [0.05, 0.1) is 39.5 Å². The van der Waals surface area contributed by atoms with Crippen molar-refractivity contribution in [3.8, 4) is 17.1 Å². The first-order chi connectivity index (χ1) is 21.2. The van der Waals surface area contributed by atoms with Gasteiger partial charge in [0.2, 0.25) is 0 Å². The van der Waals surface area contributed by atoms with Gasteiger partial charge >= 0.3 is 5.97 Å². The molecule has 0 spiro atoms. The summed E-state index contributed by atoms with van der Waals surface area (Å²) in [4.78, 5) is 44.1. The number of fused-ring (bicyclic) bond motifs is 1. The number of halogens is 1. The van der Waals surface area contributed by atoms with Gasteiger partial charge in [-0.05, 0) is 61.0 Å². The van der Waals surface area contributed by atoms with E-state index >= 15 is 0 Å². The predicted molar refractivity (Wildman–Crippen MR) is 168 cm³/mol. The molecule has 1 aliphatic heterocycles. The Hall–Kier alpha value is -5.19. The summed E-state index contributed by atoms with van der Waals surface area (Å²) in [5.74, 6) is 0.0125. The number of hydrogen-bond donors (Lipinski definition) is 2. The number of nitrogens with zero attached hydrogens (tertiary/aromatic N) is 2. The van der Waals surface area contributed by atoms with Gasteiger partial charge in [0.15, 0.2) is 4.80 Å². The Kier molecular flexibility index (Phi) is 7.77. The summed E-state index contributed by atoms with van der Waals surface area (Å²) in [5.41, 5.74) is 2.42. The number of para-hydroxylation sites is 1. The number of methoxy groups -OCH3 is 1. The highest BCUT2D eigenvalue weighted by Gasteiger charge is 2.32. The number of carboxylic acid groups (broad SMARTS) is 1. The molecule has 0 radical (unpaired) electrons. The predicted octanol–water partition coefficient (Wildman–Crippen LogP) is 5.49. The van der Waals surface area contributed by atoms with Crippen molar-refractivity contribution in [1.82, 2.24) is 4.57 Å². The van der Waals surface area contributed by atoms with Gasteiger partial charge < -0.3 is 19.6 Å². The van der Waals surface area contributed by atoms with Crippen LogP contribution in [0.15, 0.2) is 110 Å². The smallest absolute Gasteiger partial charge is 0.337 e. The molecular formula is C33H24ClN3O6S. The van der Waals surface area contributed by atoms with E-state index in [2.05, 4.69) is 10.3 Å². The van der Waals surface area contributed by atoms with E-state index in [1.165, 1.54) is 28.0 Å². The SMILES string of the molecule is COc1ccc(C2C(C(=O)Nc3ccccc3)=C(C)N=c3s/c(=C/c4ccc(-c5ccc(C(=O)O)c(Cl)c5)o4)c(=O)n32)cc1. The third-order valence-corrected chi connectivity index (χ3v) is 8.41. The minimum absolute atomic E-state index is 0.0122. The van der Waals surface area contributed by atoms with Crippen LogP contribution in [0, 0.1) is 0 Å². The van der Waals surface area contributed by atoms with Crippen LogP contribution in [0.25, 0.3) is 17.4 Å². The van der Waals surface area contributed by atoms with Crippen LogP contribution < -0.4 is 24.9 Å². The van der Waals surface area contributed by atoms with Gasteiger partial charge in [0.1, 0.15) is 17.3 Å². The van der Waals surface area contributed by atoms with Crippen LogP contribution in [-0.2, 0) is 4.79 Å². The zero-order chi connectivity index (χ0) is 31.0. The highest BCUT2D eigenvalue weighted by atomic mass is 35.5. The second-order valence-corrected chi connectivity index (χ2v) is 11.3. The van der Waals surface area contributed by atoms with Crippen molar-refractivity contribution in [1.29, 1.82) is 0 Å². The number of carboxylic acids is 1. The maximum absolute atomic E-state index is 14.0. The third-order valence-electron chi connectivity index (χ3n) is 7.11. The average Bonchev–Trinajstić information content (AvgIpc) is 3.60. The fourth-order valence-electron chi connectivity index (χ4n) is 4.99. The molecule has 3 aromatic carbocycles. The van der Waals surface area contributed by atoms with Gasteiger partial charge in [0, 0.05) is 17.3 Å². The van der Waals surface area contributed by atoms with Crippen molar-refractivity contribution in [3.63, 3.8) is 0 Å². The van der Waals surface area contributed by atoms with Crippen LogP contribution in [0.4, 0.5) is 5.69 Å². The van der Waals surface area contributed by atoms with Crippen molar-refractivity contribution >= 4 is 46.6 Å². The fraction of sp³-hybridized carbons (Fsp3) is 0.0909. The van der Waals surface area contributed by atoms with E-state index < -0.39 is 12.0 Å². The quantitative estimate of drug-likeness (QED) is 0.246. The van der Waals surface area contributed by atoms with E-state index in [0.29, 0.717) is 54.7 Å². The van der Waals surface area contributed by atoms with Crippen LogP contribution >= 0.6 is 22.9 Å². The Morgan fingerprint density at radius 2 is 1.82 bits per heavy atom. The summed E-state index contributed by atoms with van der Waals surface area (Å²) in [5, 5.41) is 12.3. The van der Waals surface area contributed by atoms with E-state index in [4.69, 9.17) is 20.8 Å². The second kappa shape index (κ2) is 11.8. The Labute approximate surface area is 259 Å². The molecule has 11 heteroatoms. The summed E-state index contributed by atoms with van der Waals surface area (Å²) in [7, 11) is 1.57. The minimum Gasteiger partial charge on any atom is -0.497 e. The number of nitrogens with one attached hydrogen (secondary N) is 1. The number of hydrogen-bond acceptors (Lipinski definition) is 7. The lowest BCUT2D eigenvalue weighted by molar-refractivity contribution is -0.113. The summed E-state index contributed by atoms with van der Waals surface area (Å²) >= 11 is 7.33. The molecule has 0 fully saturated rings. The minimum atomic E-state index is -1.12. The largest absolute Gasteiger partial charge is 0.497 e. The standard InChI is InChI=1S/C33H24ClN3O6S/c1-18-28(30(38)36-21-6-4-3-5-7-21)29(19-8-11-22(42-2)12-9-19)37-31(39)27(44-33(37)35-18)17-23-13-15-26(43-23)20-10-14-24(32(40)41)25(34)16-20/h3-17,29H,1-2H3,(H,36,38)(H,40,41)/b27-17+. The monoisotopic (exact) mass is 625 g/mol. The first-order valence-electron chi connectivity index (χ1n) is 13.4. The van der Waals surface area contributed by atoms with Crippen LogP contribution in [0.5, 0.6) is 5.75 Å². The molecule has 0 saturated carbocycles. The number of carbonyl (C=O) groups is 2. The molecule has 1 atom stereocenters. The summed E-state index contributed by atoms with van der Waals surface area (Å²) in [6, 6.07) is 23.5. The maximum Gasteiger partial charge on any atom is 0.337 e. The van der Waals surface area contributed by atoms with E-state index in [0.717, 1.165) is 0 Å². The molecule has 2 aromatic heterocycles. The molecule has 0 aliphatic carbocycles. The molecule has 1 unspecified atom stereocenters. The maximum atomic E-state index is 14.0. The fourth-order valence-corrected chi connectivity index (χ4v) is 6.28. The zero-order valence-corrected chi connectivity index (χ0v) is 25.0. The van der Waals surface area contributed by atoms with Gasteiger partial charge in [0.25, 0.3) is 11.5 Å². The van der Waals surface area contributed by atoms with E-state index in [1.807, 2.05) is 30.3 Å². The molecule has 0 saturated heterocycles. The Balaban J connectivity index is 1.42. The van der Waals surface area contributed by atoms with E-state index in [-0.39, 0.29) is 22.1 Å². The Bertz CT molecular complexity index is 2130. The molecular weight excluding hydrogens is 602 g/mol. The molecule has 1 amide bonds. The summed E-state index contributed by atoms with van der Waals surface area (Å²) in [6.07, 6.45) is 1.62. The van der Waals surface area contributed by atoms with Gasteiger partial charge in [-0.25, -0.2) is 9.79 Å². The number of rotatable bonds is 7. The normalized spacial score (nSPS) is 14.6. The highest BCUT2D eigenvalue weighted by molar-refractivity contribution is 7.07. The lowest BCUT2D eigenvalue weighted by Crippen LogP contribution is -2.40. The van der Waals surface area contributed by atoms with Crippen LogP contribution in [0.2, 0.25) is 5.02 Å². The van der Waals surface area contributed by atoms with Gasteiger partial charge in [-0.2, -0.15) is 0 Å². The summed E-state index contributed by atoms with van der Waals surface area (Å²) < 4.78 is 13.2. The lowest BCUT2D eigenvalue weighted by Gasteiger charge is -2.25. The highest BCUT2D eigenvalue weighted by Crippen LogP contribution is 2.32. The average molecular weight is 626 g/mol. The summed E-state index contributed by atoms with van der Waals surface area (Å²) in [6.45, 7) is 1.76. The number of carbonyl (C=O) groups excluding carboxylic acids is 1. The zero-order valence-electron chi connectivity index (χ0n) is 23.4. The molecule has 5 aromatic rings. The van der Waals surface area contributed by atoms with Crippen molar-refractivity contribution in [3.05, 3.63) is 138 Å². The number of ether oxygens (including phenoxy) is 1. The third kappa shape index (κ3) is 5.48. The molecule has 9 nitrogen and oxygen atoms in total. The number of furan rings is 1. The van der Waals surface area contributed by atoms with E-state index in [9.17, 15) is 19.5 Å². The molecule has 220 valence electrons. The molecule has 1 aliphatic rings. The van der Waals surface area contributed by atoms with E-state index in [1.54, 1.807) is 62.6 Å². The van der Waals surface area contributed by atoms with Gasteiger partial charge in [-0.15, -0.1) is 0 Å². The Morgan fingerprint density at radius 1 is 1.07 bits per heavy atom. The van der Waals surface area contributed by atoms with Crippen LogP contribution in [0.1, 0.15) is 34.6 Å². The topological polar surface area (TPSA) is 123 Å². The number of thiazole rings is 1. The first kappa shape index (κ1) is 28.9. The van der Waals surface area contributed by atoms with Gasteiger partial charge in [-0.1, -0.05) is 59.3 Å². The van der Waals surface area contributed by atoms with Crippen LogP contribution in [-0.4, -0.2) is 28.7 Å². The van der Waals surface area contributed by atoms with Crippen molar-refractivity contribution in [2.45, 2.75) is 13.0 Å². The molecule has 3 heterocycles. The first-order valence-corrected chi connectivity index (χ1v) is 14.6. The van der Waals surface area contributed by atoms with Crippen molar-refractivity contribution in [2.75, 3.05) is 12.4 Å². The molecule has 6 rings (SSSR count). The molecule has 2 N–H and O–H groups in total. The molecule has 44 heavy (non-hydrogen) atoms. The van der Waals surface area contributed by atoms with Crippen molar-refractivity contribution in [2.24, 2.45) is 4.99 Å². The number of aromatic carboxylic acids is 1. The van der Waals surface area contributed by atoms with Crippen molar-refractivity contribution < 1.29 is 23.8 Å². The lowest BCUT2D eigenvalue weighted by atomic mass is 9.95. The number of benzene rings is 3. The van der Waals surface area contributed by atoms with Crippen LogP contribution in [0.3, 0.4) is 0 Å². The number of anilines is 1. The molecule has 0 bridgehead atoms.